The van der Waals surface area contributed by atoms with Gasteiger partial charge in [0, 0.05) is 5.69 Å². The van der Waals surface area contributed by atoms with E-state index < -0.39 is 12.0 Å². The standard InChI is InChI=1S/C17H24N2O3.ClH/c1-3-12-7-5-8-13(4-2)16(12)18-15(20)11-19-10-6-9-14(19)17(21)22;/h5,7-8,14H,3-4,6,9-11H2,1-2H3,(H,18,20)(H,21,22);1H/t14-;/m0./s1. The number of hydrogen-bond acceptors (Lipinski definition) is 3. The molecule has 2 N–H and O–H groups in total. The lowest BCUT2D eigenvalue weighted by Crippen LogP contribution is -2.41. The predicted octanol–water partition coefficient (Wildman–Crippen LogP) is 2.72. The highest BCUT2D eigenvalue weighted by atomic mass is 35.5. The van der Waals surface area contributed by atoms with Gasteiger partial charge < -0.3 is 10.4 Å². The van der Waals surface area contributed by atoms with Gasteiger partial charge in [-0.15, -0.1) is 12.4 Å². The largest absolute Gasteiger partial charge is 0.480 e. The molecule has 0 aromatic heterocycles. The van der Waals surface area contributed by atoms with E-state index in [9.17, 15) is 14.7 Å². The maximum absolute atomic E-state index is 12.3. The first kappa shape index (κ1) is 19.5. The zero-order valence-electron chi connectivity index (χ0n) is 13.7. The molecule has 1 aromatic carbocycles. The van der Waals surface area contributed by atoms with Crippen LogP contribution in [0.1, 0.15) is 37.8 Å². The van der Waals surface area contributed by atoms with Gasteiger partial charge in [-0.3, -0.25) is 14.5 Å². The molecule has 1 aliphatic heterocycles. The number of carboxylic acids is 1. The van der Waals surface area contributed by atoms with E-state index in [1.165, 1.54) is 0 Å². The van der Waals surface area contributed by atoms with Crippen LogP contribution in [-0.2, 0) is 22.4 Å². The van der Waals surface area contributed by atoms with Gasteiger partial charge in [-0.05, 0) is 43.4 Å². The third kappa shape index (κ3) is 4.69. The van der Waals surface area contributed by atoms with Gasteiger partial charge >= 0.3 is 5.97 Å². The smallest absolute Gasteiger partial charge is 0.320 e. The van der Waals surface area contributed by atoms with Gasteiger partial charge in [-0.2, -0.15) is 0 Å². The number of carbonyl (C=O) groups excluding carboxylic acids is 1. The van der Waals surface area contributed by atoms with Crippen LogP contribution in [0.25, 0.3) is 0 Å². The molecule has 128 valence electrons. The molecule has 1 amide bonds. The second kappa shape index (κ2) is 8.89. The maximum atomic E-state index is 12.3. The number of nitrogens with zero attached hydrogens (tertiary/aromatic N) is 1. The Bertz CT molecular complexity index is 541. The van der Waals surface area contributed by atoms with E-state index in [0.717, 1.165) is 36.1 Å². The molecule has 0 unspecified atom stereocenters. The van der Waals surface area contributed by atoms with Crippen molar-refractivity contribution in [2.45, 2.75) is 45.6 Å². The molecule has 1 aromatic rings. The fourth-order valence-electron chi connectivity index (χ4n) is 3.06. The summed E-state index contributed by atoms with van der Waals surface area (Å²) in [5, 5.41) is 12.2. The number of likely N-dealkylation sites (tertiary alicyclic amines) is 1. The Balaban J connectivity index is 0.00000264. The molecule has 0 radical (unpaired) electrons. The highest BCUT2D eigenvalue weighted by Gasteiger charge is 2.31. The number of benzene rings is 1. The topological polar surface area (TPSA) is 69.6 Å². The predicted molar refractivity (Wildman–Crippen MR) is 93.3 cm³/mol. The number of aryl methyl sites for hydroxylation is 2. The summed E-state index contributed by atoms with van der Waals surface area (Å²) < 4.78 is 0. The summed E-state index contributed by atoms with van der Waals surface area (Å²) in [5.41, 5.74) is 3.12. The molecular formula is C17H25ClN2O3. The van der Waals surface area contributed by atoms with Crippen molar-refractivity contribution < 1.29 is 14.7 Å². The van der Waals surface area contributed by atoms with Crippen molar-refractivity contribution in [1.82, 2.24) is 4.90 Å². The highest BCUT2D eigenvalue weighted by Crippen LogP contribution is 2.23. The fourth-order valence-corrected chi connectivity index (χ4v) is 3.06. The lowest BCUT2D eigenvalue weighted by molar-refractivity contribution is -0.142. The molecule has 5 nitrogen and oxygen atoms in total. The molecule has 1 heterocycles. The summed E-state index contributed by atoms with van der Waals surface area (Å²) >= 11 is 0. The van der Waals surface area contributed by atoms with Gasteiger partial charge in [0.25, 0.3) is 0 Å². The van der Waals surface area contributed by atoms with E-state index in [1.807, 2.05) is 18.2 Å². The molecule has 6 heteroatoms. The SMILES string of the molecule is CCc1cccc(CC)c1NC(=O)CN1CCC[C@H]1C(=O)O.Cl. The second-order valence-corrected chi connectivity index (χ2v) is 5.67. The van der Waals surface area contributed by atoms with Crippen LogP contribution in [-0.4, -0.2) is 41.0 Å². The first-order valence-corrected chi connectivity index (χ1v) is 7.94. The Labute approximate surface area is 143 Å². The van der Waals surface area contributed by atoms with E-state index in [2.05, 4.69) is 19.2 Å². The van der Waals surface area contributed by atoms with Crippen molar-refractivity contribution in [3.63, 3.8) is 0 Å². The van der Waals surface area contributed by atoms with E-state index in [0.29, 0.717) is 13.0 Å². The fraction of sp³-hybridized carbons (Fsp3) is 0.529. The van der Waals surface area contributed by atoms with Crippen molar-refractivity contribution in [2.75, 3.05) is 18.4 Å². The lowest BCUT2D eigenvalue weighted by atomic mass is 10.0. The van der Waals surface area contributed by atoms with Gasteiger partial charge in [-0.25, -0.2) is 0 Å². The third-order valence-corrected chi connectivity index (χ3v) is 4.26. The van der Waals surface area contributed by atoms with Crippen LogP contribution in [0.2, 0.25) is 0 Å². The molecule has 23 heavy (non-hydrogen) atoms. The highest BCUT2D eigenvalue weighted by molar-refractivity contribution is 5.94. The summed E-state index contributed by atoms with van der Waals surface area (Å²) in [4.78, 5) is 25.3. The molecule has 0 bridgehead atoms. The molecule has 0 aliphatic carbocycles. The lowest BCUT2D eigenvalue weighted by Gasteiger charge is -2.21. The monoisotopic (exact) mass is 340 g/mol. The van der Waals surface area contributed by atoms with Gasteiger partial charge in [0.2, 0.25) is 5.91 Å². The first-order valence-electron chi connectivity index (χ1n) is 7.94. The van der Waals surface area contributed by atoms with Crippen LogP contribution in [0.4, 0.5) is 5.69 Å². The van der Waals surface area contributed by atoms with Crippen molar-refractivity contribution in [2.24, 2.45) is 0 Å². The molecular weight excluding hydrogens is 316 g/mol. The van der Waals surface area contributed by atoms with Crippen LogP contribution >= 0.6 is 12.4 Å². The van der Waals surface area contributed by atoms with Gasteiger partial charge in [0.15, 0.2) is 0 Å². The molecule has 1 atom stereocenters. The van der Waals surface area contributed by atoms with Crippen LogP contribution in [0.15, 0.2) is 18.2 Å². The number of halogens is 1. The molecule has 1 aliphatic rings. The van der Waals surface area contributed by atoms with Gasteiger partial charge in [-0.1, -0.05) is 32.0 Å². The van der Waals surface area contributed by atoms with Crippen LogP contribution < -0.4 is 5.32 Å². The maximum Gasteiger partial charge on any atom is 0.320 e. The number of aliphatic carboxylic acids is 1. The number of rotatable bonds is 6. The van der Waals surface area contributed by atoms with Gasteiger partial charge in [0.1, 0.15) is 6.04 Å². The van der Waals surface area contributed by atoms with E-state index >= 15 is 0 Å². The number of amides is 1. The van der Waals surface area contributed by atoms with Crippen LogP contribution in [0.5, 0.6) is 0 Å². The molecule has 0 spiro atoms. The number of para-hydroxylation sites is 1. The Morgan fingerprint density at radius 1 is 1.26 bits per heavy atom. The van der Waals surface area contributed by atoms with Crippen molar-refractivity contribution >= 4 is 30.0 Å². The second-order valence-electron chi connectivity index (χ2n) is 5.67. The molecule has 1 saturated heterocycles. The number of nitrogens with one attached hydrogen (secondary N) is 1. The summed E-state index contributed by atoms with van der Waals surface area (Å²) in [5.74, 6) is -0.975. The number of hydrogen-bond donors (Lipinski definition) is 2. The molecule has 0 saturated carbocycles. The third-order valence-electron chi connectivity index (χ3n) is 4.26. The average molecular weight is 341 g/mol. The van der Waals surface area contributed by atoms with Crippen LogP contribution in [0, 0.1) is 0 Å². The molecule has 2 rings (SSSR count). The van der Waals surface area contributed by atoms with Gasteiger partial charge in [0.05, 0.1) is 6.54 Å². The van der Waals surface area contributed by atoms with Crippen molar-refractivity contribution in [3.8, 4) is 0 Å². The van der Waals surface area contributed by atoms with Crippen LogP contribution in [0.3, 0.4) is 0 Å². The minimum absolute atomic E-state index is 0. The Morgan fingerprint density at radius 3 is 2.39 bits per heavy atom. The normalized spacial score (nSPS) is 17.6. The summed E-state index contributed by atoms with van der Waals surface area (Å²) in [6.45, 7) is 4.93. The minimum Gasteiger partial charge on any atom is -0.480 e. The Hall–Kier alpha value is -1.59. The summed E-state index contributed by atoms with van der Waals surface area (Å²) in [7, 11) is 0. The zero-order chi connectivity index (χ0) is 16.1. The number of carbonyl (C=O) groups is 2. The average Bonchev–Trinajstić information content (AvgIpc) is 2.95. The quantitative estimate of drug-likeness (QED) is 0.835. The molecule has 1 fully saturated rings. The Morgan fingerprint density at radius 2 is 1.87 bits per heavy atom. The van der Waals surface area contributed by atoms with Crippen molar-refractivity contribution in [1.29, 1.82) is 0 Å². The number of carboxylic acid groups (broad SMARTS) is 1. The van der Waals surface area contributed by atoms with E-state index in [4.69, 9.17) is 0 Å². The van der Waals surface area contributed by atoms with E-state index in [1.54, 1.807) is 4.90 Å². The summed E-state index contributed by atoms with van der Waals surface area (Å²) in [6.07, 6.45) is 3.15. The first-order chi connectivity index (χ1) is 10.6. The van der Waals surface area contributed by atoms with Crippen molar-refractivity contribution in [3.05, 3.63) is 29.3 Å². The van der Waals surface area contributed by atoms with E-state index in [-0.39, 0.29) is 24.9 Å². The summed E-state index contributed by atoms with van der Waals surface area (Å²) in [6, 6.07) is 5.52. The minimum atomic E-state index is -0.839. The number of anilines is 1. The Kier molecular flexibility index (Phi) is 7.52. The zero-order valence-corrected chi connectivity index (χ0v) is 14.5.